The number of carbonyl (C=O) groups excluding carboxylic acids is 1. The zero-order chi connectivity index (χ0) is 18.9. The molecule has 1 aromatic carbocycles. The molecular weight excluding hydrogens is 459 g/mol. The van der Waals surface area contributed by atoms with Crippen molar-refractivity contribution in [3.8, 4) is 5.75 Å². The van der Waals surface area contributed by atoms with E-state index in [4.69, 9.17) is 9.47 Å². The van der Waals surface area contributed by atoms with E-state index in [0.717, 1.165) is 30.1 Å². The fourth-order valence-corrected chi connectivity index (χ4v) is 2.91. The van der Waals surface area contributed by atoms with E-state index in [1.165, 1.54) is 7.11 Å². The first kappa shape index (κ1) is 23.3. The highest BCUT2D eigenvalue weighted by molar-refractivity contribution is 14.0. The van der Waals surface area contributed by atoms with Gasteiger partial charge in [-0.15, -0.1) is 24.0 Å². The molecule has 0 aromatic heterocycles. The number of hydrogen-bond donors (Lipinski definition) is 2. The molecule has 2 N–H and O–H groups in total. The number of carbonyl (C=O) groups is 1. The number of piperidine rings is 1. The minimum atomic E-state index is -0.256. The minimum absolute atomic E-state index is 0. The number of ether oxygens (including phenoxy) is 2. The summed E-state index contributed by atoms with van der Waals surface area (Å²) in [7, 11) is 3.17. The Bertz CT molecular complexity index is 619. The second kappa shape index (κ2) is 11.9. The van der Waals surface area contributed by atoms with Gasteiger partial charge in [0, 0.05) is 26.2 Å². The summed E-state index contributed by atoms with van der Waals surface area (Å²) in [6, 6.07) is 8.28. The van der Waals surface area contributed by atoms with Crippen molar-refractivity contribution in [2.45, 2.75) is 38.8 Å². The molecule has 0 saturated carbocycles. The Balaban J connectivity index is 0.00000364. The maximum absolute atomic E-state index is 11.5. The van der Waals surface area contributed by atoms with Gasteiger partial charge < -0.3 is 25.0 Å². The Labute approximate surface area is 178 Å². The van der Waals surface area contributed by atoms with E-state index in [1.54, 1.807) is 11.9 Å². The molecule has 0 aliphatic carbocycles. The zero-order valence-electron chi connectivity index (χ0n) is 16.5. The average Bonchev–Trinajstić information content (AvgIpc) is 2.66. The minimum Gasteiger partial charge on any atom is -0.489 e. The van der Waals surface area contributed by atoms with Gasteiger partial charge in [-0.3, -0.25) is 4.99 Å². The molecule has 1 aromatic rings. The van der Waals surface area contributed by atoms with Gasteiger partial charge in [-0.25, -0.2) is 4.79 Å². The van der Waals surface area contributed by atoms with Crippen LogP contribution in [0.2, 0.25) is 0 Å². The second-order valence-corrected chi connectivity index (χ2v) is 6.52. The van der Waals surface area contributed by atoms with Crippen molar-refractivity contribution in [3.63, 3.8) is 0 Å². The molecule has 27 heavy (non-hydrogen) atoms. The average molecular weight is 490 g/mol. The van der Waals surface area contributed by atoms with Crippen LogP contribution in [-0.4, -0.2) is 62.9 Å². The van der Waals surface area contributed by atoms with Crippen molar-refractivity contribution >= 4 is 36.0 Å². The number of nitrogens with zero attached hydrogens (tertiary/aromatic N) is 2. The SMILES string of the molecule is CN=C(NCC(C)Oc1ccccc1C)NC1CCN(C(=O)OC)CC1.I. The van der Waals surface area contributed by atoms with Gasteiger partial charge in [-0.1, -0.05) is 18.2 Å². The van der Waals surface area contributed by atoms with Crippen molar-refractivity contribution in [3.05, 3.63) is 29.8 Å². The number of likely N-dealkylation sites (tertiary alicyclic amines) is 1. The van der Waals surface area contributed by atoms with Gasteiger partial charge in [-0.05, 0) is 38.3 Å². The Kier molecular flexibility index (Phi) is 10.3. The Morgan fingerprint density at radius 3 is 2.59 bits per heavy atom. The third kappa shape index (κ3) is 7.43. The third-order valence-electron chi connectivity index (χ3n) is 4.47. The Hall–Kier alpha value is -1.71. The summed E-state index contributed by atoms with van der Waals surface area (Å²) in [5.41, 5.74) is 1.12. The number of rotatable bonds is 5. The van der Waals surface area contributed by atoms with Gasteiger partial charge in [0.05, 0.1) is 13.7 Å². The van der Waals surface area contributed by atoms with E-state index in [2.05, 4.69) is 15.6 Å². The van der Waals surface area contributed by atoms with E-state index in [9.17, 15) is 4.79 Å². The fraction of sp³-hybridized carbons (Fsp3) is 0.579. The lowest BCUT2D eigenvalue weighted by Gasteiger charge is -2.32. The fourth-order valence-electron chi connectivity index (χ4n) is 2.91. The molecule has 1 heterocycles. The van der Waals surface area contributed by atoms with Gasteiger partial charge >= 0.3 is 6.09 Å². The van der Waals surface area contributed by atoms with Gasteiger partial charge in [0.1, 0.15) is 11.9 Å². The number of methoxy groups -OCH3 is 1. The molecule has 0 spiro atoms. The first-order valence-corrected chi connectivity index (χ1v) is 9.05. The number of amides is 1. The van der Waals surface area contributed by atoms with Crippen LogP contribution >= 0.6 is 24.0 Å². The monoisotopic (exact) mass is 490 g/mol. The highest BCUT2D eigenvalue weighted by Gasteiger charge is 2.23. The molecule has 1 saturated heterocycles. The van der Waals surface area contributed by atoms with E-state index in [1.807, 2.05) is 38.1 Å². The third-order valence-corrected chi connectivity index (χ3v) is 4.47. The predicted molar refractivity (Wildman–Crippen MR) is 118 cm³/mol. The van der Waals surface area contributed by atoms with Crippen LogP contribution in [0.25, 0.3) is 0 Å². The van der Waals surface area contributed by atoms with Gasteiger partial charge in [0.2, 0.25) is 0 Å². The highest BCUT2D eigenvalue weighted by Crippen LogP contribution is 2.17. The molecule has 2 rings (SSSR count). The molecule has 0 radical (unpaired) electrons. The summed E-state index contributed by atoms with van der Waals surface area (Å²) < 4.78 is 10.7. The van der Waals surface area contributed by atoms with Crippen molar-refractivity contribution in [2.75, 3.05) is 33.8 Å². The van der Waals surface area contributed by atoms with Crippen LogP contribution in [0.5, 0.6) is 5.75 Å². The molecule has 0 bridgehead atoms. The van der Waals surface area contributed by atoms with Crippen LogP contribution in [0.3, 0.4) is 0 Å². The summed E-state index contributed by atoms with van der Waals surface area (Å²) in [4.78, 5) is 17.5. The number of nitrogens with one attached hydrogen (secondary N) is 2. The molecule has 1 amide bonds. The maximum Gasteiger partial charge on any atom is 0.409 e. The number of guanidine groups is 1. The summed E-state index contributed by atoms with van der Waals surface area (Å²) in [5.74, 6) is 1.65. The van der Waals surface area contributed by atoms with Gasteiger partial charge in [0.25, 0.3) is 0 Å². The quantitative estimate of drug-likeness (QED) is 0.377. The standard InChI is InChI=1S/C19H30N4O3.HI/c1-14-7-5-6-8-17(14)26-15(2)13-21-18(20-3)22-16-9-11-23(12-10-16)19(24)25-4;/h5-8,15-16H,9-13H2,1-4H3,(H2,20,21,22);1H. The first-order chi connectivity index (χ1) is 12.5. The normalized spacial score (nSPS) is 16.1. The number of benzene rings is 1. The lowest BCUT2D eigenvalue weighted by atomic mass is 10.1. The van der Waals surface area contributed by atoms with Crippen LogP contribution in [0.4, 0.5) is 4.79 Å². The van der Waals surface area contributed by atoms with E-state index in [-0.39, 0.29) is 42.2 Å². The number of aryl methyl sites for hydroxylation is 1. The lowest BCUT2D eigenvalue weighted by molar-refractivity contribution is 0.111. The van der Waals surface area contributed by atoms with Crippen LogP contribution in [0, 0.1) is 6.92 Å². The van der Waals surface area contributed by atoms with Crippen LogP contribution in [0.15, 0.2) is 29.3 Å². The zero-order valence-corrected chi connectivity index (χ0v) is 18.9. The van der Waals surface area contributed by atoms with E-state index in [0.29, 0.717) is 19.6 Å². The molecule has 1 unspecified atom stereocenters. The number of aliphatic imine (C=N–C) groups is 1. The van der Waals surface area contributed by atoms with Crippen molar-refractivity contribution < 1.29 is 14.3 Å². The maximum atomic E-state index is 11.5. The molecule has 1 fully saturated rings. The number of hydrogen-bond acceptors (Lipinski definition) is 4. The molecule has 7 nitrogen and oxygen atoms in total. The Morgan fingerprint density at radius 2 is 2.00 bits per heavy atom. The van der Waals surface area contributed by atoms with Crippen LogP contribution < -0.4 is 15.4 Å². The molecule has 8 heteroatoms. The van der Waals surface area contributed by atoms with Gasteiger partial charge in [0.15, 0.2) is 5.96 Å². The predicted octanol–water partition coefficient (Wildman–Crippen LogP) is 2.78. The van der Waals surface area contributed by atoms with Crippen molar-refractivity contribution in [1.82, 2.24) is 15.5 Å². The summed E-state index contributed by atoms with van der Waals surface area (Å²) in [5, 5.41) is 6.73. The lowest BCUT2D eigenvalue weighted by Crippen LogP contribution is -2.50. The van der Waals surface area contributed by atoms with E-state index >= 15 is 0 Å². The van der Waals surface area contributed by atoms with Crippen LogP contribution in [0.1, 0.15) is 25.3 Å². The summed E-state index contributed by atoms with van der Waals surface area (Å²) in [6.07, 6.45) is 1.49. The summed E-state index contributed by atoms with van der Waals surface area (Å²) >= 11 is 0. The van der Waals surface area contributed by atoms with E-state index < -0.39 is 0 Å². The first-order valence-electron chi connectivity index (χ1n) is 9.05. The topological polar surface area (TPSA) is 75.2 Å². The smallest absolute Gasteiger partial charge is 0.409 e. The van der Waals surface area contributed by atoms with Crippen molar-refractivity contribution in [2.24, 2.45) is 4.99 Å². The molecule has 152 valence electrons. The van der Waals surface area contributed by atoms with Gasteiger partial charge in [-0.2, -0.15) is 0 Å². The van der Waals surface area contributed by atoms with Crippen LogP contribution in [-0.2, 0) is 4.74 Å². The Morgan fingerprint density at radius 1 is 1.33 bits per heavy atom. The summed E-state index contributed by atoms with van der Waals surface area (Å²) in [6.45, 7) is 6.09. The van der Waals surface area contributed by atoms with Crippen molar-refractivity contribution in [1.29, 1.82) is 0 Å². The molecule has 1 atom stereocenters. The molecule has 1 aliphatic heterocycles. The second-order valence-electron chi connectivity index (χ2n) is 6.52. The highest BCUT2D eigenvalue weighted by atomic mass is 127. The molecular formula is C19H31IN4O3. The largest absolute Gasteiger partial charge is 0.489 e. The molecule has 1 aliphatic rings. The number of para-hydroxylation sites is 1. The number of halogens is 1.